The van der Waals surface area contributed by atoms with Gasteiger partial charge in [-0.05, 0) is 31.9 Å². The van der Waals surface area contributed by atoms with Crippen molar-refractivity contribution in [2.75, 3.05) is 26.3 Å². The molecular formula is C15H22N2O4S. The Morgan fingerprint density at radius 3 is 2.77 bits per heavy atom. The fourth-order valence-corrected chi connectivity index (χ4v) is 3.75. The second-order valence-electron chi connectivity index (χ2n) is 5.25. The van der Waals surface area contributed by atoms with Crippen LogP contribution in [0, 0.1) is 0 Å². The highest BCUT2D eigenvalue weighted by molar-refractivity contribution is 7.89. The van der Waals surface area contributed by atoms with Gasteiger partial charge in [0.1, 0.15) is 6.61 Å². The lowest BCUT2D eigenvalue weighted by Gasteiger charge is -2.33. The molecular weight excluding hydrogens is 304 g/mol. The second kappa shape index (κ2) is 7.71. The first-order valence-corrected chi connectivity index (χ1v) is 8.94. The predicted molar refractivity (Wildman–Crippen MR) is 82.9 cm³/mol. The third-order valence-corrected chi connectivity index (χ3v) is 5.12. The SMILES string of the molecule is CCOCC(=O)N1CCC[C@H](NS(=O)(=O)c2ccccc2)C1. The summed E-state index contributed by atoms with van der Waals surface area (Å²) in [6.07, 6.45) is 1.50. The summed E-state index contributed by atoms with van der Waals surface area (Å²) in [5.74, 6) is -0.0922. The van der Waals surface area contributed by atoms with Crippen LogP contribution in [0.1, 0.15) is 19.8 Å². The topological polar surface area (TPSA) is 75.7 Å². The number of likely N-dealkylation sites (tertiary alicyclic amines) is 1. The third kappa shape index (κ3) is 4.53. The van der Waals surface area contributed by atoms with E-state index in [0.717, 1.165) is 12.8 Å². The van der Waals surface area contributed by atoms with Gasteiger partial charge in [0.05, 0.1) is 4.90 Å². The number of amides is 1. The van der Waals surface area contributed by atoms with Gasteiger partial charge < -0.3 is 9.64 Å². The van der Waals surface area contributed by atoms with Crippen LogP contribution in [-0.2, 0) is 19.6 Å². The van der Waals surface area contributed by atoms with E-state index in [2.05, 4.69) is 4.72 Å². The summed E-state index contributed by atoms with van der Waals surface area (Å²) in [4.78, 5) is 13.9. The first-order chi connectivity index (χ1) is 10.5. The minimum absolute atomic E-state index is 0.0503. The molecule has 0 saturated carbocycles. The molecule has 1 aliphatic heterocycles. The van der Waals surface area contributed by atoms with Crippen molar-refractivity contribution < 1.29 is 17.9 Å². The molecule has 1 amide bonds. The van der Waals surface area contributed by atoms with Crippen LogP contribution in [0.15, 0.2) is 35.2 Å². The van der Waals surface area contributed by atoms with Gasteiger partial charge in [0, 0.05) is 25.7 Å². The van der Waals surface area contributed by atoms with Gasteiger partial charge in [-0.3, -0.25) is 4.79 Å². The van der Waals surface area contributed by atoms with Crippen LogP contribution < -0.4 is 4.72 Å². The average molecular weight is 326 g/mol. The number of sulfonamides is 1. The lowest BCUT2D eigenvalue weighted by molar-refractivity contribution is -0.137. The largest absolute Gasteiger partial charge is 0.372 e. The standard InChI is InChI=1S/C15H22N2O4S/c1-2-21-12-15(18)17-10-6-7-13(11-17)16-22(19,20)14-8-4-3-5-9-14/h3-5,8-9,13,16H,2,6-7,10-12H2,1H3/t13-/m0/s1. The quantitative estimate of drug-likeness (QED) is 0.846. The number of hydrogen-bond acceptors (Lipinski definition) is 4. The van der Waals surface area contributed by atoms with Gasteiger partial charge in [-0.1, -0.05) is 18.2 Å². The molecule has 1 heterocycles. The van der Waals surface area contributed by atoms with Crippen LogP contribution in [0.2, 0.25) is 0 Å². The van der Waals surface area contributed by atoms with Gasteiger partial charge >= 0.3 is 0 Å². The van der Waals surface area contributed by atoms with Crippen molar-refractivity contribution in [3.63, 3.8) is 0 Å². The smallest absolute Gasteiger partial charge is 0.248 e. The summed E-state index contributed by atoms with van der Waals surface area (Å²) in [6.45, 7) is 3.41. The maximum Gasteiger partial charge on any atom is 0.248 e. The van der Waals surface area contributed by atoms with Crippen molar-refractivity contribution >= 4 is 15.9 Å². The number of ether oxygens (including phenoxy) is 1. The molecule has 1 atom stereocenters. The lowest BCUT2D eigenvalue weighted by atomic mass is 10.1. The predicted octanol–water partition coefficient (Wildman–Crippen LogP) is 0.992. The van der Waals surface area contributed by atoms with E-state index >= 15 is 0 Å². The van der Waals surface area contributed by atoms with E-state index in [1.54, 1.807) is 35.2 Å². The maximum atomic E-state index is 12.3. The van der Waals surface area contributed by atoms with Crippen molar-refractivity contribution in [1.82, 2.24) is 9.62 Å². The van der Waals surface area contributed by atoms with Gasteiger partial charge in [0.2, 0.25) is 15.9 Å². The highest BCUT2D eigenvalue weighted by atomic mass is 32.2. The zero-order valence-electron chi connectivity index (χ0n) is 12.7. The number of nitrogens with one attached hydrogen (secondary N) is 1. The molecule has 7 heteroatoms. The van der Waals surface area contributed by atoms with E-state index in [0.29, 0.717) is 19.7 Å². The normalized spacial score (nSPS) is 19.1. The summed E-state index contributed by atoms with van der Waals surface area (Å²) in [5.41, 5.74) is 0. The molecule has 1 N–H and O–H groups in total. The molecule has 0 unspecified atom stereocenters. The number of benzene rings is 1. The van der Waals surface area contributed by atoms with Crippen LogP contribution >= 0.6 is 0 Å². The van der Waals surface area contributed by atoms with Gasteiger partial charge in [-0.25, -0.2) is 13.1 Å². The maximum absolute atomic E-state index is 12.3. The van der Waals surface area contributed by atoms with Crippen molar-refractivity contribution in [1.29, 1.82) is 0 Å². The molecule has 1 aromatic carbocycles. The van der Waals surface area contributed by atoms with E-state index in [4.69, 9.17) is 4.74 Å². The summed E-state index contributed by atoms with van der Waals surface area (Å²) >= 11 is 0. The number of carbonyl (C=O) groups is 1. The van der Waals surface area contributed by atoms with Crippen LogP contribution in [0.3, 0.4) is 0 Å². The monoisotopic (exact) mass is 326 g/mol. The first kappa shape index (κ1) is 16.9. The van der Waals surface area contributed by atoms with E-state index in [9.17, 15) is 13.2 Å². The number of rotatable bonds is 6. The molecule has 22 heavy (non-hydrogen) atoms. The molecule has 6 nitrogen and oxygen atoms in total. The summed E-state index contributed by atoms with van der Waals surface area (Å²) < 4.78 is 32.4. The minimum Gasteiger partial charge on any atom is -0.372 e. The average Bonchev–Trinajstić information content (AvgIpc) is 2.53. The Hall–Kier alpha value is -1.44. The molecule has 0 bridgehead atoms. The van der Waals surface area contributed by atoms with Gasteiger partial charge in [-0.15, -0.1) is 0 Å². The molecule has 1 saturated heterocycles. The molecule has 0 aromatic heterocycles. The first-order valence-electron chi connectivity index (χ1n) is 7.46. The van der Waals surface area contributed by atoms with Crippen LogP contribution in [0.25, 0.3) is 0 Å². The molecule has 0 radical (unpaired) electrons. The van der Waals surface area contributed by atoms with Gasteiger partial charge in [-0.2, -0.15) is 0 Å². The highest BCUT2D eigenvalue weighted by Crippen LogP contribution is 2.14. The summed E-state index contributed by atoms with van der Waals surface area (Å²) in [6, 6.07) is 8.00. The number of carbonyl (C=O) groups excluding carboxylic acids is 1. The second-order valence-corrected chi connectivity index (χ2v) is 6.96. The molecule has 0 spiro atoms. The van der Waals surface area contributed by atoms with Crippen molar-refractivity contribution in [3.8, 4) is 0 Å². The number of piperidine rings is 1. The Morgan fingerprint density at radius 1 is 1.36 bits per heavy atom. The number of hydrogen-bond donors (Lipinski definition) is 1. The Labute approximate surface area is 131 Å². The van der Waals surface area contributed by atoms with E-state index < -0.39 is 10.0 Å². The zero-order valence-corrected chi connectivity index (χ0v) is 13.5. The molecule has 122 valence electrons. The fraction of sp³-hybridized carbons (Fsp3) is 0.533. The Morgan fingerprint density at radius 2 is 2.09 bits per heavy atom. The third-order valence-electron chi connectivity index (χ3n) is 3.58. The number of nitrogens with zero attached hydrogens (tertiary/aromatic N) is 1. The van der Waals surface area contributed by atoms with Crippen LogP contribution in [0.4, 0.5) is 0 Å². The minimum atomic E-state index is -3.55. The fourth-order valence-electron chi connectivity index (χ4n) is 2.47. The molecule has 2 rings (SSSR count). The summed E-state index contributed by atoms with van der Waals surface area (Å²) in [5, 5.41) is 0. The van der Waals surface area contributed by atoms with Crippen molar-refractivity contribution in [2.45, 2.75) is 30.7 Å². The zero-order chi connectivity index (χ0) is 16.0. The van der Waals surface area contributed by atoms with E-state index in [1.165, 1.54) is 0 Å². The molecule has 1 aliphatic rings. The molecule has 0 aliphatic carbocycles. The van der Waals surface area contributed by atoms with Gasteiger partial charge in [0.15, 0.2) is 0 Å². The van der Waals surface area contributed by atoms with Gasteiger partial charge in [0.25, 0.3) is 0 Å². The summed E-state index contributed by atoms with van der Waals surface area (Å²) in [7, 11) is -3.55. The van der Waals surface area contributed by atoms with E-state index in [1.807, 2.05) is 6.92 Å². The lowest BCUT2D eigenvalue weighted by Crippen LogP contribution is -2.50. The van der Waals surface area contributed by atoms with E-state index in [-0.39, 0.29) is 23.5 Å². The van der Waals surface area contributed by atoms with Crippen LogP contribution in [-0.4, -0.2) is 51.6 Å². The Bertz CT molecular complexity index is 589. The van der Waals surface area contributed by atoms with Crippen molar-refractivity contribution in [3.05, 3.63) is 30.3 Å². The molecule has 1 aromatic rings. The Kier molecular flexibility index (Phi) is 5.93. The Balaban J connectivity index is 1.97. The highest BCUT2D eigenvalue weighted by Gasteiger charge is 2.27. The molecule has 1 fully saturated rings. The van der Waals surface area contributed by atoms with Crippen molar-refractivity contribution in [2.24, 2.45) is 0 Å². The van der Waals surface area contributed by atoms with Crippen LogP contribution in [0.5, 0.6) is 0 Å².